The lowest BCUT2D eigenvalue weighted by molar-refractivity contribution is -0.128. The molecule has 2 aliphatic rings. The largest absolute Gasteiger partial charge is 0.343 e. The molecule has 5 rings (SSSR count). The van der Waals surface area contributed by atoms with Crippen molar-refractivity contribution in [3.63, 3.8) is 0 Å². The van der Waals surface area contributed by atoms with Gasteiger partial charge in [0.1, 0.15) is 6.04 Å². The maximum absolute atomic E-state index is 13.9. The molecule has 37 heavy (non-hydrogen) atoms. The van der Waals surface area contributed by atoms with Crippen molar-refractivity contribution in [1.29, 1.82) is 0 Å². The van der Waals surface area contributed by atoms with Gasteiger partial charge in [-0.2, -0.15) is 0 Å². The number of rotatable bonds is 7. The van der Waals surface area contributed by atoms with Gasteiger partial charge in [-0.1, -0.05) is 54.6 Å². The summed E-state index contributed by atoms with van der Waals surface area (Å²) < 4.78 is 0. The monoisotopic (exact) mass is 499 g/mol. The van der Waals surface area contributed by atoms with Gasteiger partial charge in [-0.3, -0.25) is 14.5 Å². The summed E-state index contributed by atoms with van der Waals surface area (Å²) in [7, 11) is 1.75. The standard InChI is InChI=1S/C30H37N5O2/c1-21(31-2)29(36)33-27-14-13-22-7-3-6-10-28(22)35(30(27)37)20-24-12-11-23(19-34-17-15-32-16-18-34)25-8-4-5-9-26(24)25/h3-12,21,27,31-32H,13-20H2,1-2H3,(H,33,36)/t21-,27?/m0/s1. The molecule has 3 aromatic rings. The van der Waals surface area contributed by atoms with Gasteiger partial charge in [-0.15, -0.1) is 0 Å². The molecule has 1 fully saturated rings. The number of anilines is 1. The molecule has 0 saturated carbocycles. The second-order valence-electron chi connectivity index (χ2n) is 10.1. The minimum Gasteiger partial charge on any atom is -0.343 e. The number of benzene rings is 3. The van der Waals surface area contributed by atoms with E-state index in [0.29, 0.717) is 13.0 Å². The molecule has 3 aromatic carbocycles. The van der Waals surface area contributed by atoms with Crippen LogP contribution < -0.4 is 20.9 Å². The third kappa shape index (κ3) is 5.54. The van der Waals surface area contributed by atoms with E-state index in [1.54, 1.807) is 14.0 Å². The molecule has 0 spiro atoms. The molecule has 1 unspecified atom stereocenters. The van der Waals surface area contributed by atoms with E-state index in [4.69, 9.17) is 0 Å². The third-order valence-corrected chi connectivity index (χ3v) is 7.73. The number of amides is 2. The van der Waals surface area contributed by atoms with Crippen molar-refractivity contribution < 1.29 is 9.59 Å². The fraction of sp³-hybridized carbons (Fsp3) is 0.400. The van der Waals surface area contributed by atoms with E-state index < -0.39 is 6.04 Å². The van der Waals surface area contributed by atoms with Crippen molar-refractivity contribution in [3.05, 3.63) is 77.4 Å². The highest BCUT2D eigenvalue weighted by Crippen LogP contribution is 2.31. The summed E-state index contributed by atoms with van der Waals surface area (Å²) in [5.41, 5.74) is 4.49. The van der Waals surface area contributed by atoms with Crippen LogP contribution in [0.5, 0.6) is 0 Å². The second-order valence-corrected chi connectivity index (χ2v) is 10.1. The Hall–Kier alpha value is -3.26. The summed E-state index contributed by atoms with van der Waals surface area (Å²) in [5.74, 6) is -0.218. The van der Waals surface area contributed by atoms with Gasteiger partial charge in [0.2, 0.25) is 11.8 Å². The van der Waals surface area contributed by atoms with E-state index in [-0.39, 0.29) is 17.9 Å². The van der Waals surface area contributed by atoms with Crippen molar-refractivity contribution in [2.24, 2.45) is 0 Å². The Morgan fingerprint density at radius 2 is 1.62 bits per heavy atom. The zero-order valence-corrected chi connectivity index (χ0v) is 21.8. The molecule has 0 bridgehead atoms. The van der Waals surface area contributed by atoms with E-state index in [1.807, 2.05) is 23.1 Å². The van der Waals surface area contributed by atoms with Gasteiger partial charge in [0.15, 0.2) is 0 Å². The van der Waals surface area contributed by atoms with Gasteiger partial charge in [0.05, 0.1) is 12.6 Å². The molecule has 2 amide bonds. The Kier molecular flexibility index (Phi) is 7.84. The fourth-order valence-electron chi connectivity index (χ4n) is 5.42. The number of hydrogen-bond donors (Lipinski definition) is 3. The number of carbonyl (C=O) groups excluding carboxylic acids is 2. The average Bonchev–Trinajstić information content (AvgIpc) is 3.06. The lowest BCUT2D eigenvalue weighted by atomic mass is 9.98. The number of para-hydroxylation sites is 1. The maximum Gasteiger partial charge on any atom is 0.249 e. The summed E-state index contributed by atoms with van der Waals surface area (Å²) in [5, 5.41) is 11.8. The van der Waals surface area contributed by atoms with Gasteiger partial charge in [0.25, 0.3) is 0 Å². The molecular weight excluding hydrogens is 462 g/mol. The number of hydrogen-bond acceptors (Lipinski definition) is 5. The van der Waals surface area contributed by atoms with Crippen LogP contribution >= 0.6 is 0 Å². The van der Waals surface area contributed by atoms with Gasteiger partial charge in [-0.05, 0) is 60.3 Å². The first-order chi connectivity index (χ1) is 18.0. The first-order valence-corrected chi connectivity index (χ1v) is 13.3. The van der Waals surface area contributed by atoms with Crippen molar-refractivity contribution in [3.8, 4) is 0 Å². The van der Waals surface area contributed by atoms with Crippen LogP contribution in [-0.2, 0) is 29.1 Å². The topological polar surface area (TPSA) is 76.7 Å². The summed E-state index contributed by atoms with van der Waals surface area (Å²) in [6.07, 6.45) is 1.32. The predicted octanol–water partition coefficient (Wildman–Crippen LogP) is 2.82. The van der Waals surface area contributed by atoms with Gasteiger partial charge in [0, 0.05) is 38.4 Å². The van der Waals surface area contributed by atoms with E-state index in [9.17, 15) is 9.59 Å². The normalized spacial score (nSPS) is 19.4. The lowest BCUT2D eigenvalue weighted by Gasteiger charge is -2.29. The molecule has 2 heterocycles. The van der Waals surface area contributed by atoms with Crippen LogP contribution in [0.4, 0.5) is 5.69 Å². The number of piperazine rings is 1. The van der Waals surface area contributed by atoms with E-state index in [1.165, 1.54) is 16.3 Å². The van der Waals surface area contributed by atoms with Gasteiger partial charge < -0.3 is 20.9 Å². The number of carbonyl (C=O) groups is 2. The number of likely N-dealkylation sites (N-methyl/N-ethyl adjacent to an activating group) is 1. The Morgan fingerprint density at radius 3 is 2.32 bits per heavy atom. The van der Waals surface area contributed by atoms with Gasteiger partial charge >= 0.3 is 0 Å². The Bertz CT molecular complexity index is 1270. The zero-order valence-electron chi connectivity index (χ0n) is 21.8. The number of nitrogens with one attached hydrogen (secondary N) is 3. The van der Waals surface area contributed by atoms with Crippen LogP contribution in [0.2, 0.25) is 0 Å². The Morgan fingerprint density at radius 1 is 0.973 bits per heavy atom. The molecule has 2 atom stereocenters. The maximum atomic E-state index is 13.9. The summed E-state index contributed by atoms with van der Waals surface area (Å²) in [6.45, 7) is 7.33. The molecular formula is C30H37N5O2. The van der Waals surface area contributed by atoms with Crippen molar-refractivity contribution in [2.45, 2.75) is 44.9 Å². The first-order valence-electron chi connectivity index (χ1n) is 13.3. The quantitative estimate of drug-likeness (QED) is 0.466. The predicted molar refractivity (Wildman–Crippen MR) is 149 cm³/mol. The fourth-order valence-corrected chi connectivity index (χ4v) is 5.42. The van der Waals surface area contributed by atoms with Crippen molar-refractivity contribution in [2.75, 3.05) is 38.1 Å². The minimum atomic E-state index is -0.561. The number of nitrogens with zero attached hydrogens (tertiary/aromatic N) is 2. The van der Waals surface area contributed by atoms with Crippen LogP contribution in [0.1, 0.15) is 30.0 Å². The molecule has 194 valence electrons. The highest BCUT2D eigenvalue weighted by molar-refractivity contribution is 6.01. The zero-order chi connectivity index (χ0) is 25.8. The van der Waals surface area contributed by atoms with Crippen molar-refractivity contribution >= 4 is 28.3 Å². The molecule has 2 aliphatic heterocycles. The molecule has 0 aliphatic carbocycles. The van der Waals surface area contributed by atoms with Gasteiger partial charge in [-0.25, -0.2) is 0 Å². The number of aryl methyl sites for hydroxylation is 1. The number of fused-ring (bicyclic) bond motifs is 2. The summed E-state index contributed by atoms with van der Waals surface area (Å²) >= 11 is 0. The van der Waals surface area contributed by atoms with Crippen molar-refractivity contribution in [1.82, 2.24) is 20.9 Å². The highest BCUT2D eigenvalue weighted by Gasteiger charge is 2.32. The Balaban J connectivity index is 1.47. The SMILES string of the molecule is CN[C@@H](C)C(=O)NC1CCc2ccccc2N(Cc2ccc(CN3CCNCC3)c3ccccc23)C1=O. The van der Waals surface area contributed by atoms with E-state index in [2.05, 4.69) is 63.3 Å². The smallest absolute Gasteiger partial charge is 0.249 e. The van der Waals surface area contributed by atoms with Crippen LogP contribution in [0.15, 0.2) is 60.7 Å². The highest BCUT2D eigenvalue weighted by atomic mass is 16.2. The van der Waals surface area contributed by atoms with Crippen LogP contribution in [0, 0.1) is 0 Å². The first kappa shape index (κ1) is 25.4. The second kappa shape index (κ2) is 11.4. The summed E-state index contributed by atoms with van der Waals surface area (Å²) in [6, 6.07) is 20.1. The Labute approximate surface area is 219 Å². The van der Waals surface area contributed by atoms with E-state index >= 15 is 0 Å². The molecule has 7 heteroatoms. The molecule has 1 saturated heterocycles. The molecule has 0 aromatic heterocycles. The summed E-state index contributed by atoms with van der Waals surface area (Å²) in [4.78, 5) is 30.9. The average molecular weight is 500 g/mol. The van der Waals surface area contributed by atoms with E-state index in [0.717, 1.165) is 56.0 Å². The minimum absolute atomic E-state index is 0.0597. The molecule has 7 nitrogen and oxygen atoms in total. The molecule has 0 radical (unpaired) electrons. The van der Waals surface area contributed by atoms with Crippen LogP contribution in [-0.4, -0.2) is 62.0 Å². The third-order valence-electron chi connectivity index (χ3n) is 7.73. The molecule has 3 N–H and O–H groups in total. The van der Waals surface area contributed by atoms with Crippen LogP contribution in [0.3, 0.4) is 0 Å². The lowest BCUT2D eigenvalue weighted by Crippen LogP contribution is -2.52. The van der Waals surface area contributed by atoms with Crippen LogP contribution in [0.25, 0.3) is 10.8 Å².